The van der Waals surface area contributed by atoms with Crippen LogP contribution in [0.5, 0.6) is 11.5 Å². The van der Waals surface area contributed by atoms with E-state index in [9.17, 15) is 14.3 Å². The first kappa shape index (κ1) is 22.1. The van der Waals surface area contributed by atoms with Crippen LogP contribution in [0.4, 0.5) is 10.1 Å². The van der Waals surface area contributed by atoms with E-state index in [1.165, 1.54) is 12.1 Å². The van der Waals surface area contributed by atoms with Gasteiger partial charge in [0.1, 0.15) is 5.82 Å². The average Bonchev–Trinajstić information content (AvgIpc) is 2.78. The van der Waals surface area contributed by atoms with E-state index < -0.39 is 5.97 Å². The molecule has 0 amide bonds. The molecule has 7 heteroatoms. The number of nitrogens with one attached hydrogen (secondary N) is 1. The molecule has 0 aliphatic carbocycles. The Kier molecular flexibility index (Phi) is 6.11. The molecule has 0 saturated heterocycles. The Labute approximate surface area is 194 Å². The van der Waals surface area contributed by atoms with Gasteiger partial charge in [0.05, 0.1) is 31.5 Å². The summed E-state index contributed by atoms with van der Waals surface area (Å²) in [6.45, 7) is 2.10. The monoisotopic (exact) mass is 499 g/mol. The Hall–Kier alpha value is -3.06. The number of carboxylic acid groups (broad SMARTS) is 1. The Bertz CT molecular complexity index is 1170. The van der Waals surface area contributed by atoms with Gasteiger partial charge in [-0.3, -0.25) is 0 Å². The smallest absolute Gasteiger partial charge is 0.337 e. The van der Waals surface area contributed by atoms with Crippen molar-refractivity contribution >= 4 is 27.6 Å². The molecule has 5 nitrogen and oxygen atoms in total. The number of ether oxygens (including phenoxy) is 2. The number of halogens is 2. The number of anilines is 1. The molecule has 0 spiro atoms. The summed E-state index contributed by atoms with van der Waals surface area (Å²) in [5.74, 6) is -0.242. The number of methoxy groups -OCH3 is 2. The molecule has 1 aliphatic heterocycles. The zero-order valence-corrected chi connectivity index (χ0v) is 19.4. The largest absolute Gasteiger partial charge is 0.493 e. The van der Waals surface area contributed by atoms with E-state index in [4.69, 9.17) is 9.47 Å². The van der Waals surface area contributed by atoms with Gasteiger partial charge in [-0.1, -0.05) is 41.1 Å². The van der Waals surface area contributed by atoms with Crippen LogP contribution in [0.1, 0.15) is 45.9 Å². The van der Waals surface area contributed by atoms with E-state index in [-0.39, 0.29) is 29.3 Å². The van der Waals surface area contributed by atoms with Gasteiger partial charge in [0.25, 0.3) is 0 Å². The molecule has 3 aromatic rings. The quantitative estimate of drug-likeness (QED) is 0.434. The van der Waals surface area contributed by atoms with E-state index in [2.05, 4.69) is 28.2 Å². The minimum absolute atomic E-state index is 0.0157. The highest BCUT2D eigenvalue weighted by molar-refractivity contribution is 9.10. The predicted molar refractivity (Wildman–Crippen MR) is 124 cm³/mol. The van der Waals surface area contributed by atoms with Gasteiger partial charge < -0.3 is 19.9 Å². The summed E-state index contributed by atoms with van der Waals surface area (Å²) in [4.78, 5) is 12.1. The molecule has 3 atom stereocenters. The first-order chi connectivity index (χ1) is 15.3. The first-order valence-corrected chi connectivity index (χ1v) is 10.9. The molecule has 0 saturated carbocycles. The van der Waals surface area contributed by atoms with Gasteiger partial charge in [0.2, 0.25) is 0 Å². The Morgan fingerprint density at radius 1 is 1.00 bits per heavy atom. The zero-order chi connectivity index (χ0) is 23.0. The van der Waals surface area contributed by atoms with Crippen molar-refractivity contribution in [3.8, 4) is 11.5 Å². The van der Waals surface area contributed by atoms with Crippen LogP contribution in [0.15, 0.2) is 59.1 Å². The molecular formula is C25H23BrFNO4. The molecule has 0 unspecified atom stereocenters. The van der Waals surface area contributed by atoms with Crippen LogP contribution in [-0.4, -0.2) is 25.3 Å². The summed E-state index contributed by atoms with van der Waals surface area (Å²) < 4.78 is 25.2. The highest BCUT2D eigenvalue weighted by Crippen LogP contribution is 2.50. The third-order valence-corrected chi connectivity index (χ3v) is 6.50. The minimum atomic E-state index is -1.02. The second-order valence-electron chi connectivity index (χ2n) is 7.85. The van der Waals surface area contributed by atoms with Gasteiger partial charge in [0.15, 0.2) is 11.5 Å². The third kappa shape index (κ3) is 3.93. The van der Waals surface area contributed by atoms with Gasteiger partial charge >= 0.3 is 5.97 Å². The standard InChI is InChI=1S/C25H23BrFNO4/c1-13-22(15-6-9-20(31-2)21(10-15)32-3)18-11-16(26)12-19(25(29)30)24(18)28-23(13)14-4-7-17(27)8-5-14/h4-13,22-23,28H,1-3H3,(H,29,30)/t13-,22-,23-/m0/s1. The van der Waals surface area contributed by atoms with Gasteiger partial charge in [-0.15, -0.1) is 0 Å². The highest BCUT2D eigenvalue weighted by atomic mass is 79.9. The summed E-state index contributed by atoms with van der Waals surface area (Å²) in [5.41, 5.74) is 3.47. The second kappa shape index (κ2) is 8.82. The first-order valence-electron chi connectivity index (χ1n) is 10.1. The molecule has 166 valence electrons. The molecule has 0 bridgehead atoms. The molecule has 4 rings (SSSR count). The Morgan fingerprint density at radius 3 is 2.28 bits per heavy atom. The predicted octanol–water partition coefficient (Wildman–Crippen LogP) is 6.24. The number of rotatable bonds is 5. The number of fused-ring (bicyclic) bond motifs is 1. The van der Waals surface area contributed by atoms with Crippen molar-refractivity contribution in [3.05, 3.63) is 87.1 Å². The molecule has 0 fully saturated rings. The normalized spacial score (nSPS) is 19.6. The highest BCUT2D eigenvalue weighted by Gasteiger charge is 2.38. The molecule has 32 heavy (non-hydrogen) atoms. The van der Waals surface area contributed by atoms with Gasteiger partial charge in [0, 0.05) is 10.4 Å². The summed E-state index contributed by atoms with van der Waals surface area (Å²) in [6, 6.07) is 15.4. The topological polar surface area (TPSA) is 67.8 Å². The lowest BCUT2D eigenvalue weighted by Gasteiger charge is -2.40. The lowest BCUT2D eigenvalue weighted by molar-refractivity contribution is 0.0697. The Balaban J connectivity index is 1.93. The van der Waals surface area contributed by atoms with Crippen molar-refractivity contribution in [2.45, 2.75) is 18.9 Å². The maximum atomic E-state index is 13.6. The number of aromatic carboxylic acids is 1. The van der Waals surface area contributed by atoms with E-state index in [1.54, 1.807) is 32.4 Å². The van der Waals surface area contributed by atoms with Crippen molar-refractivity contribution in [1.82, 2.24) is 0 Å². The molecule has 2 N–H and O–H groups in total. The van der Waals surface area contributed by atoms with E-state index in [1.807, 2.05) is 24.3 Å². The SMILES string of the molecule is COc1ccc([C@H]2c3cc(Br)cc(C(=O)O)c3N[C@H](c3ccc(F)cc3)[C@H]2C)cc1OC. The summed E-state index contributed by atoms with van der Waals surface area (Å²) in [7, 11) is 3.17. The number of carbonyl (C=O) groups is 1. The second-order valence-corrected chi connectivity index (χ2v) is 8.76. The molecule has 0 aromatic heterocycles. The lowest BCUT2D eigenvalue weighted by atomic mass is 9.72. The fraction of sp³-hybridized carbons (Fsp3) is 0.240. The van der Waals surface area contributed by atoms with Crippen molar-refractivity contribution in [2.75, 3.05) is 19.5 Å². The van der Waals surface area contributed by atoms with Crippen LogP contribution in [0.25, 0.3) is 0 Å². The zero-order valence-electron chi connectivity index (χ0n) is 17.9. The van der Waals surface area contributed by atoms with Crippen molar-refractivity contribution in [1.29, 1.82) is 0 Å². The number of hydrogen-bond donors (Lipinski definition) is 2. The number of carboxylic acids is 1. The molecule has 1 heterocycles. The molecule has 3 aromatic carbocycles. The fourth-order valence-electron chi connectivity index (χ4n) is 4.55. The van der Waals surface area contributed by atoms with Gasteiger partial charge in [-0.25, -0.2) is 9.18 Å². The Morgan fingerprint density at radius 2 is 1.66 bits per heavy atom. The van der Waals surface area contributed by atoms with Crippen LogP contribution >= 0.6 is 15.9 Å². The van der Waals surface area contributed by atoms with Gasteiger partial charge in [-0.2, -0.15) is 0 Å². The summed E-state index contributed by atoms with van der Waals surface area (Å²) in [5, 5.41) is 13.3. The van der Waals surface area contributed by atoms with E-state index in [0.29, 0.717) is 21.7 Å². The average molecular weight is 500 g/mol. The van der Waals surface area contributed by atoms with Crippen LogP contribution in [0.3, 0.4) is 0 Å². The number of benzene rings is 3. The molecular weight excluding hydrogens is 477 g/mol. The van der Waals surface area contributed by atoms with Crippen molar-refractivity contribution in [2.24, 2.45) is 5.92 Å². The summed E-state index contributed by atoms with van der Waals surface area (Å²) in [6.07, 6.45) is 0. The lowest BCUT2D eigenvalue weighted by Crippen LogP contribution is -2.32. The minimum Gasteiger partial charge on any atom is -0.493 e. The van der Waals surface area contributed by atoms with Crippen LogP contribution < -0.4 is 14.8 Å². The molecule has 0 radical (unpaired) electrons. The maximum Gasteiger partial charge on any atom is 0.337 e. The van der Waals surface area contributed by atoms with Crippen LogP contribution in [0.2, 0.25) is 0 Å². The summed E-state index contributed by atoms with van der Waals surface area (Å²) >= 11 is 3.47. The number of hydrogen-bond acceptors (Lipinski definition) is 4. The van der Waals surface area contributed by atoms with Gasteiger partial charge in [-0.05, 0) is 59.0 Å². The van der Waals surface area contributed by atoms with Crippen molar-refractivity contribution < 1.29 is 23.8 Å². The van der Waals surface area contributed by atoms with Crippen LogP contribution in [0, 0.1) is 11.7 Å². The molecule has 1 aliphatic rings. The van der Waals surface area contributed by atoms with Crippen LogP contribution in [-0.2, 0) is 0 Å². The van der Waals surface area contributed by atoms with Crippen molar-refractivity contribution in [3.63, 3.8) is 0 Å². The van der Waals surface area contributed by atoms with E-state index >= 15 is 0 Å². The maximum absolute atomic E-state index is 13.6. The fourth-order valence-corrected chi connectivity index (χ4v) is 5.03. The third-order valence-electron chi connectivity index (χ3n) is 6.05. The van der Waals surface area contributed by atoms with E-state index in [0.717, 1.165) is 16.7 Å².